The van der Waals surface area contributed by atoms with Gasteiger partial charge in [0.15, 0.2) is 0 Å². The number of carbonyl (C=O) groups is 1. The summed E-state index contributed by atoms with van der Waals surface area (Å²) < 4.78 is 39.0. The predicted octanol–water partition coefficient (Wildman–Crippen LogP) is 1.34. The van der Waals surface area contributed by atoms with Crippen molar-refractivity contribution in [2.24, 2.45) is 5.41 Å². The van der Waals surface area contributed by atoms with E-state index in [1.165, 1.54) is 0 Å². The first-order valence-corrected chi connectivity index (χ1v) is 5.91. The fourth-order valence-corrected chi connectivity index (χ4v) is 2.17. The van der Waals surface area contributed by atoms with Crippen molar-refractivity contribution in [3.63, 3.8) is 0 Å². The Morgan fingerprint density at radius 2 is 1.95 bits per heavy atom. The summed E-state index contributed by atoms with van der Waals surface area (Å²) in [7, 11) is 0. The van der Waals surface area contributed by atoms with Crippen molar-refractivity contribution in [3.8, 4) is 0 Å². The highest BCUT2D eigenvalue weighted by atomic mass is 19.4. The molecule has 5 nitrogen and oxygen atoms in total. The average molecular weight is 276 g/mol. The van der Waals surface area contributed by atoms with Crippen LogP contribution in [0.25, 0.3) is 0 Å². The Kier molecular flexibility index (Phi) is 3.38. The molecule has 0 unspecified atom stereocenters. The number of aldehydes is 1. The third-order valence-corrected chi connectivity index (χ3v) is 3.04. The Bertz CT molecular complexity index is 481. The SMILES string of the molecule is CC(C)(C=O)CN1CCn2c(nnc2C(F)(F)F)C1. The normalized spacial score (nSPS) is 17.3. The first-order valence-electron chi connectivity index (χ1n) is 5.91. The maximum absolute atomic E-state index is 12.6. The van der Waals surface area contributed by atoms with Crippen LogP contribution in [0, 0.1) is 5.41 Å². The van der Waals surface area contributed by atoms with Crippen LogP contribution in [0.2, 0.25) is 0 Å². The summed E-state index contributed by atoms with van der Waals surface area (Å²) in [5.41, 5.74) is -0.519. The van der Waals surface area contributed by atoms with Crippen molar-refractivity contribution in [3.05, 3.63) is 11.6 Å². The van der Waals surface area contributed by atoms with Crippen LogP contribution in [-0.4, -0.2) is 39.0 Å². The predicted molar refractivity (Wildman–Crippen MR) is 60.1 cm³/mol. The number of hydrogen-bond acceptors (Lipinski definition) is 4. The van der Waals surface area contributed by atoms with Gasteiger partial charge in [-0.3, -0.25) is 4.90 Å². The molecule has 1 aromatic heterocycles. The average Bonchev–Trinajstić information content (AvgIpc) is 2.71. The van der Waals surface area contributed by atoms with Gasteiger partial charge in [0.1, 0.15) is 12.1 Å². The van der Waals surface area contributed by atoms with Crippen LogP contribution < -0.4 is 0 Å². The van der Waals surface area contributed by atoms with Gasteiger partial charge in [0.2, 0.25) is 5.82 Å². The van der Waals surface area contributed by atoms with E-state index in [0.29, 0.717) is 18.9 Å². The molecule has 1 aromatic rings. The summed E-state index contributed by atoms with van der Waals surface area (Å²) in [6, 6.07) is 0. The van der Waals surface area contributed by atoms with Gasteiger partial charge < -0.3 is 9.36 Å². The molecule has 0 saturated heterocycles. The lowest BCUT2D eigenvalue weighted by atomic mass is 9.95. The zero-order chi connectivity index (χ0) is 14.3. The minimum Gasteiger partial charge on any atom is -0.305 e. The van der Waals surface area contributed by atoms with E-state index in [1.807, 2.05) is 4.90 Å². The topological polar surface area (TPSA) is 51.0 Å². The first kappa shape index (κ1) is 14.0. The molecule has 1 aliphatic rings. The zero-order valence-electron chi connectivity index (χ0n) is 10.7. The Labute approximate surface area is 108 Å². The molecule has 1 aliphatic heterocycles. The van der Waals surface area contributed by atoms with Crippen molar-refractivity contribution in [2.45, 2.75) is 33.1 Å². The fourth-order valence-electron chi connectivity index (χ4n) is 2.17. The van der Waals surface area contributed by atoms with Crippen molar-refractivity contribution < 1.29 is 18.0 Å². The van der Waals surface area contributed by atoms with E-state index in [9.17, 15) is 18.0 Å². The summed E-state index contributed by atoms with van der Waals surface area (Å²) in [4.78, 5) is 12.8. The highest BCUT2D eigenvalue weighted by Crippen LogP contribution is 2.29. The number of aromatic nitrogens is 3. The van der Waals surface area contributed by atoms with E-state index < -0.39 is 17.4 Å². The Morgan fingerprint density at radius 3 is 2.53 bits per heavy atom. The number of carbonyl (C=O) groups excluding carboxylic acids is 1. The van der Waals surface area contributed by atoms with Gasteiger partial charge in [-0.2, -0.15) is 13.2 Å². The third kappa shape index (κ3) is 2.94. The highest BCUT2D eigenvalue weighted by molar-refractivity contribution is 5.58. The number of halogens is 3. The molecule has 0 spiro atoms. The molecule has 0 radical (unpaired) electrons. The molecule has 8 heteroatoms. The molecule has 2 rings (SSSR count). The molecule has 0 aromatic carbocycles. The Hall–Kier alpha value is -1.44. The van der Waals surface area contributed by atoms with Gasteiger partial charge in [-0.15, -0.1) is 10.2 Å². The second-order valence-electron chi connectivity index (χ2n) is 5.41. The zero-order valence-corrected chi connectivity index (χ0v) is 10.7. The smallest absolute Gasteiger partial charge is 0.305 e. The van der Waals surface area contributed by atoms with Crippen LogP contribution in [0.3, 0.4) is 0 Å². The fraction of sp³-hybridized carbons (Fsp3) is 0.727. The minimum absolute atomic E-state index is 0.187. The number of rotatable bonds is 3. The molecule has 19 heavy (non-hydrogen) atoms. The van der Waals surface area contributed by atoms with Gasteiger partial charge in [0, 0.05) is 25.0 Å². The summed E-state index contributed by atoms with van der Waals surface area (Å²) in [5, 5.41) is 6.80. The lowest BCUT2D eigenvalue weighted by Crippen LogP contribution is -2.41. The summed E-state index contributed by atoms with van der Waals surface area (Å²) >= 11 is 0. The van der Waals surface area contributed by atoms with E-state index in [0.717, 1.165) is 10.9 Å². The highest BCUT2D eigenvalue weighted by Gasteiger charge is 2.39. The van der Waals surface area contributed by atoms with Gasteiger partial charge in [0.25, 0.3) is 0 Å². The van der Waals surface area contributed by atoms with Gasteiger partial charge >= 0.3 is 6.18 Å². The number of alkyl halides is 3. The summed E-state index contributed by atoms with van der Waals surface area (Å²) in [6.07, 6.45) is -3.62. The van der Waals surface area contributed by atoms with Gasteiger partial charge in [-0.25, -0.2) is 0 Å². The molecular formula is C11H15F3N4O. The van der Waals surface area contributed by atoms with Crippen LogP contribution in [0.15, 0.2) is 0 Å². The molecular weight excluding hydrogens is 261 g/mol. The van der Waals surface area contributed by atoms with Crippen molar-refractivity contribution >= 4 is 6.29 Å². The van der Waals surface area contributed by atoms with Gasteiger partial charge in [0.05, 0.1) is 6.54 Å². The van der Waals surface area contributed by atoms with Gasteiger partial charge in [-0.1, -0.05) is 13.8 Å². The molecule has 106 valence electrons. The standard InChI is InChI=1S/C11H15F3N4O/c1-10(2,7-19)6-17-3-4-18-8(5-17)15-16-9(18)11(12,13)14/h7H,3-6H2,1-2H3. The number of fused-ring (bicyclic) bond motifs is 1. The van der Waals surface area contributed by atoms with E-state index in [4.69, 9.17) is 0 Å². The minimum atomic E-state index is -4.48. The van der Waals surface area contributed by atoms with E-state index >= 15 is 0 Å². The largest absolute Gasteiger partial charge is 0.451 e. The molecule has 2 heterocycles. The molecule has 0 bridgehead atoms. The molecule has 0 fully saturated rings. The van der Waals surface area contributed by atoms with Crippen LogP contribution in [0.1, 0.15) is 25.5 Å². The molecule has 0 N–H and O–H groups in total. The lowest BCUT2D eigenvalue weighted by Gasteiger charge is -2.32. The third-order valence-electron chi connectivity index (χ3n) is 3.04. The summed E-state index contributed by atoms with van der Waals surface area (Å²) in [5.74, 6) is -0.655. The molecule has 0 saturated carbocycles. The molecule has 0 amide bonds. The second-order valence-corrected chi connectivity index (χ2v) is 5.41. The van der Waals surface area contributed by atoms with Crippen LogP contribution in [0.4, 0.5) is 13.2 Å². The number of hydrogen-bond donors (Lipinski definition) is 0. The van der Waals surface area contributed by atoms with Crippen LogP contribution >= 0.6 is 0 Å². The van der Waals surface area contributed by atoms with Crippen molar-refractivity contribution in [2.75, 3.05) is 13.1 Å². The monoisotopic (exact) mass is 276 g/mol. The molecule has 0 aliphatic carbocycles. The Morgan fingerprint density at radius 1 is 1.26 bits per heavy atom. The van der Waals surface area contributed by atoms with E-state index in [2.05, 4.69) is 10.2 Å². The van der Waals surface area contributed by atoms with Crippen LogP contribution in [-0.2, 0) is 24.1 Å². The van der Waals surface area contributed by atoms with E-state index in [1.54, 1.807) is 13.8 Å². The van der Waals surface area contributed by atoms with Gasteiger partial charge in [-0.05, 0) is 0 Å². The maximum Gasteiger partial charge on any atom is 0.451 e. The second kappa shape index (κ2) is 4.59. The first-order chi connectivity index (χ1) is 8.73. The summed E-state index contributed by atoms with van der Waals surface area (Å²) in [6.45, 7) is 4.99. The number of nitrogens with zero attached hydrogens (tertiary/aromatic N) is 4. The van der Waals surface area contributed by atoms with Crippen LogP contribution in [0.5, 0.6) is 0 Å². The lowest BCUT2D eigenvalue weighted by molar-refractivity contribution is -0.148. The van der Waals surface area contributed by atoms with Crippen molar-refractivity contribution in [1.82, 2.24) is 19.7 Å². The van der Waals surface area contributed by atoms with E-state index in [-0.39, 0.29) is 13.1 Å². The quantitative estimate of drug-likeness (QED) is 0.782. The maximum atomic E-state index is 12.6. The Balaban J connectivity index is 2.14. The molecule has 0 atom stereocenters. The van der Waals surface area contributed by atoms with Crippen molar-refractivity contribution in [1.29, 1.82) is 0 Å².